The zero-order valence-electron chi connectivity index (χ0n) is 15.0. The van der Waals surface area contributed by atoms with E-state index in [1.54, 1.807) is 12.4 Å². The Labute approximate surface area is 155 Å². The van der Waals surface area contributed by atoms with Gasteiger partial charge in [-0.3, -0.25) is 19.5 Å². The van der Waals surface area contributed by atoms with Crippen molar-refractivity contribution in [3.8, 4) is 0 Å². The van der Waals surface area contributed by atoms with Crippen LogP contribution in [0.25, 0.3) is 10.9 Å². The summed E-state index contributed by atoms with van der Waals surface area (Å²) in [6.07, 6.45) is 5.87. The van der Waals surface area contributed by atoms with Crippen LogP contribution in [0.15, 0.2) is 41.5 Å². The highest BCUT2D eigenvalue weighted by Gasteiger charge is 2.26. The summed E-state index contributed by atoms with van der Waals surface area (Å²) in [5, 5.41) is 10.4. The van der Waals surface area contributed by atoms with Gasteiger partial charge in [0.15, 0.2) is 5.78 Å². The van der Waals surface area contributed by atoms with Crippen LogP contribution in [-0.2, 0) is 6.54 Å². The largest absolute Gasteiger partial charge is 0.355 e. The van der Waals surface area contributed by atoms with Crippen LogP contribution >= 0.6 is 0 Å². The van der Waals surface area contributed by atoms with Gasteiger partial charge >= 0.3 is 0 Å². The molecule has 7 nitrogen and oxygen atoms in total. The molecule has 1 aliphatic rings. The maximum Gasteiger partial charge on any atom is 0.263 e. The van der Waals surface area contributed by atoms with Crippen molar-refractivity contribution < 1.29 is 9.59 Å². The Morgan fingerprint density at radius 3 is 2.89 bits per heavy atom. The SMILES string of the molecule is CNC(=O)c1cc(C(=O)CC2CC2)cn(Cc2cccc3cn[nH]c23)c1=O. The molecule has 0 aliphatic heterocycles. The number of nitrogens with zero attached hydrogens (tertiary/aromatic N) is 2. The molecule has 1 fully saturated rings. The van der Waals surface area contributed by atoms with Crippen LogP contribution in [0.1, 0.15) is 45.5 Å². The molecule has 0 atom stereocenters. The monoisotopic (exact) mass is 364 g/mol. The van der Waals surface area contributed by atoms with E-state index >= 15 is 0 Å². The van der Waals surface area contributed by atoms with Crippen molar-refractivity contribution >= 4 is 22.6 Å². The van der Waals surface area contributed by atoms with Crippen molar-refractivity contribution in [1.82, 2.24) is 20.1 Å². The number of nitrogens with one attached hydrogen (secondary N) is 2. The van der Waals surface area contributed by atoms with Crippen molar-refractivity contribution in [2.45, 2.75) is 25.8 Å². The number of para-hydroxylation sites is 1. The predicted octanol–water partition coefficient (Wildman–Crippen LogP) is 2.12. The molecular weight excluding hydrogens is 344 g/mol. The third-order valence-electron chi connectivity index (χ3n) is 4.95. The number of ketones is 1. The van der Waals surface area contributed by atoms with Crippen molar-refractivity contribution in [3.63, 3.8) is 0 Å². The Morgan fingerprint density at radius 1 is 1.33 bits per heavy atom. The van der Waals surface area contributed by atoms with Gasteiger partial charge < -0.3 is 9.88 Å². The molecule has 138 valence electrons. The highest BCUT2D eigenvalue weighted by Crippen LogP contribution is 2.33. The number of rotatable bonds is 6. The van der Waals surface area contributed by atoms with Crippen LogP contribution in [0.4, 0.5) is 0 Å². The minimum Gasteiger partial charge on any atom is -0.355 e. The third-order valence-corrected chi connectivity index (χ3v) is 4.95. The molecule has 2 N–H and O–H groups in total. The second-order valence-electron chi connectivity index (χ2n) is 6.98. The summed E-state index contributed by atoms with van der Waals surface area (Å²) < 4.78 is 1.43. The van der Waals surface area contributed by atoms with E-state index in [4.69, 9.17) is 0 Å². The summed E-state index contributed by atoms with van der Waals surface area (Å²) in [5.41, 5.74) is 1.66. The number of pyridine rings is 1. The molecule has 0 saturated heterocycles. The average molecular weight is 364 g/mol. The molecule has 0 unspecified atom stereocenters. The predicted molar refractivity (Wildman–Crippen MR) is 101 cm³/mol. The lowest BCUT2D eigenvalue weighted by Gasteiger charge is -2.12. The summed E-state index contributed by atoms with van der Waals surface area (Å²) in [6.45, 7) is 0.243. The molecular formula is C20H20N4O3. The van der Waals surface area contributed by atoms with Crippen molar-refractivity contribution in [2.24, 2.45) is 5.92 Å². The Balaban J connectivity index is 1.78. The minimum absolute atomic E-state index is 0.0177. The number of aromatic amines is 1. The van der Waals surface area contributed by atoms with Gasteiger partial charge in [0.05, 0.1) is 18.3 Å². The molecule has 0 bridgehead atoms. The Kier molecular flexibility index (Phi) is 4.35. The van der Waals surface area contributed by atoms with Gasteiger partial charge in [0.2, 0.25) is 0 Å². The normalized spacial score (nSPS) is 13.7. The van der Waals surface area contributed by atoms with Gasteiger partial charge in [-0.2, -0.15) is 5.10 Å². The smallest absolute Gasteiger partial charge is 0.263 e. The van der Waals surface area contributed by atoms with Crippen molar-refractivity contribution in [3.05, 3.63) is 63.7 Å². The molecule has 0 radical (unpaired) electrons. The maximum absolute atomic E-state index is 12.8. The van der Waals surface area contributed by atoms with Gasteiger partial charge in [-0.1, -0.05) is 18.2 Å². The second-order valence-corrected chi connectivity index (χ2v) is 6.98. The first-order chi connectivity index (χ1) is 13.1. The number of Topliss-reactive ketones (excluding diaryl/α,β-unsaturated/α-hetero) is 1. The van der Waals surface area contributed by atoms with E-state index in [0.717, 1.165) is 29.3 Å². The van der Waals surface area contributed by atoms with E-state index in [1.807, 2.05) is 18.2 Å². The number of aromatic nitrogens is 3. The van der Waals surface area contributed by atoms with Gasteiger partial charge in [-0.05, 0) is 30.4 Å². The zero-order valence-corrected chi connectivity index (χ0v) is 15.0. The van der Waals surface area contributed by atoms with Gasteiger partial charge in [0.1, 0.15) is 5.56 Å². The van der Waals surface area contributed by atoms with E-state index < -0.39 is 11.5 Å². The Hall–Kier alpha value is -3.22. The molecule has 1 aromatic carbocycles. The maximum atomic E-state index is 12.8. The van der Waals surface area contributed by atoms with E-state index in [2.05, 4.69) is 15.5 Å². The lowest BCUT2D eigenvalue weighted by molar-refractivity contribution is 0.0961. The number of fused-ring (bicyclic) bond motifs is 1. The molecule has 4 rings (SSSR count). The minimum atomic E-state index is -0.491. The number of amides is 1. The number of benzene rings is 1. The molecule has 27 heavy (non-hydrogen) atoms. The van der Waals surface area contributed by atoms with Crippen LogP contribution in [0.2, 0.25) is 0 Å². The van der Waals surface area contributed by atoms with Crippen molar-refractivity contribution in [2.75, 3.05) is 7.05 Å². The van der Waals surface area contributed by atoms with Crippen molar-refractivity contribution in [1.29, 1.82) is 0 Å². The fourth-order valence-corrected chi connectivity index (χ4v) is 3.25. The molecule has 1 amide bonds. The summed E-state index contributed by atoms with van der Waals surface area (Å²) in [4.78, 5) is 37.6. The first-order valence-corrected chi connectivity index (χ1v) is 8.97. The topological polar surface area (TPSA) is 96.8 Å². The Morgan fingerprint density at radius 2 is 2.15 bits per heavy atom. The molecule has 2 heterocycles. The summed E-state index contributed by atoms with van der Waals surface area (Å²) >= 11 is 0. The van der Waals surface area contributed by atoms with Gasteiger partial charge in [0.25, 0.3) is 11.5 Å². The van der Waals surface area contributed by atoms with Crippen LogP contribution in [0, 0.1) is 5.92 Å². The van der Waals surface area contributed by atoms with Crippen LogP contribution in [-0.4, -0.2) is 33.5 Å². The molecule has 1 saturated carbocycles. The fraction of sp³-hybridized carbons (Fsp3) is 0.300. The van der Waals surface area contributed by atoms with E-state index in [-0.39, 0.29) is 17.9 Å². The van der Waals surface area contributed by atoms with Crippen LogP contribution in [0.3, 0.4) is 0 Å². The number of H-pyrrole nitrogens is 1. The molecule has 0 spiro atoms. The number of carbonyl (C=O) groups excluding carboxylic acids is 2. The fourth-order valence-electron chi connectivity index (χ4n) is 3.25. The quantitative estimate of drug-likeness (QED) is 0.655. The first-order valence-electron chi connectivity index (χ1n) is 8.97. The lowest BCUT2D eigenvalue weighted by atomic mass is 10.0. The average Bonchev–Trinajstić information content (AvgIpc) is 3.35. The summed E-state index contributed by atoms with van der Waals surface area (Å²) in [5.74, 6) is -0.0919. The number of carbonyl (C=O) groups is 2. The molecule has 3 aromatic rings. The number of hydrogen-bond donors (Lipinski definition) is 2. The highest BCUT2D eigenvalue weighted by molar-refractivity contribution is 6.00. The van der Waals surface area contributed by atoms with E-state index in [0.29, 0.717) is 17.9 Å². The first kappa shape index (κ1) is 17.2. The van der Waals surface area contributed by atoms with E-state index in [9.17, 15) is 14.4 Å². The van der Waals surface area contributed by atoms with Crippen LogP contribution in [0.5, 0.6) is 0 Å². The summed E-state index contributed by atoms with van der Waals surface area (Å²) in [7, 11) is 1.47. The Bertz CT molecular complexity index is 1090. The third kappa shape index (κ3) is 3.40. The summed E-state index contributed by atoms with van der Waals surface area (Å²) in [6, 6.07) is 7.13. The molecule has 2 aromatic heterocycles. The lowest BCUT2D eigenvalue weighted by Crippen LogP contribution is -2.32. The zero-order chi connectivity index (χ0) is 19.0. The van der Waals surface area contributed by atoms with Gasteiger partial charge in [-0.25, -0.2) is 0 Å². The standard InChI is InChI=1S/C20H20N4O3/c1-21-19(26)16-8-15(17(25)7-12-5-6-12)11-24(20(16)27)10-14-4-2-3-13-9-22-23-18(13)14/h2-4,8-9,11-12H,5-7,10H2,1H3,(H,21,26)(H,22,23). The molecule has 1 aliphatic carbocycles. The van der Waals surface area contributed by atoms with E-state index in [1.165, 1.54) is 17.7 Å². The highest BCUT2D eigenvalue weighted by atomic mass is 16.2. The van der Waals surface area contributed by atoms with Gasteiger partial charge in [0, 0.05) is 30.6 Å². The van der Waals surface area contributed by atoms with Gasteiger partial charge in [-0.15, -0.1) is 0 Å². The van der Waals surface area contributed by atoms with Crippen LogP contribution < -0.4 is 10.9 Å². The molecule has 7 heteroatoms. The number of hydrogen-bond acceptors (Lipinski definition) is 4. The second kappa shape index (κ2) is 6.83.